The van der Waals surface area contributed by atoms with Crippen molar-refractivity contribution in [3.8, 4) is 27.8 Å². The Kier molecular flexibility index (Phi) is 6.05. The van der Waals surface area contributed by atoms with Crippen LogP contribution in [0, 0.1) is 0 Å². The van der Waals surface area contributed by atoms with Gasteiger partial charge in [0.2, 0.25) is 5.89 Å². The third kappa shape index (κ3) is 4.84. The zero-order valence-electron chi connectivity index (χ0n) is 16.3. The predicted octanol–water partition coefficient (Wildman–Crippen LogP) is 4.84. The number of urea groups is 1. The van der Waals surface area contributed by atoms with E-state index < -0.39 is 0 Å². The summed E-state index contributed by atoms with van der Waals surface area (Å²) in [5.41, 5.74) is 3.38. The van der Waals surface area contributed by atoms with Gasteiger partial charge >= 0.3 is 6.03 Å². The third-order valence-electron chi connectivity index (χ3n) is 4.38. The van der Waals surface area contributed by atoms with E-state index in [1.807, 2.05) is 53.9 Å². The summed E-state index contributed by atoms with van der Waals surface area (Å²) in [6, 6.07) is 14.8. The maximum atomic E-state index is 12.1. The van der Waals surface area contributed by atoms with Gasteiger partial charge < -0.3 is 19.8 Å². The van der Waals surface area contributed by atoms with Crippen molar-refractivity contribution in [3.05, 3.63) is 72.1 Å². The highest BCUT2D eigenvalue weighted by Crippen LogP contribution is 2.23. The summed E-state index contributed by atoms with van der Waals surface area (Å²) < 4.78 is 10.7. The molecule has 0 atom stereocenters. The van der Waals surface area contributed by atoms with Crippen molar-refractivity contribution in [2.75, 3.05) is 19.0 Å². The van der Waals surface area contributed by atoms with Crippen LogP contribution in [0.15, 0.2) is 70.8 Å². The lowest BCUT2D eigenvalue weighted by molar-refractivity contribution is 0.252. The molecule has 7 nitrogen and oxygen atoms in total. The predicted molar refractivity (Wildman–Crippen MR) is 117 cm³/mol. The number of ether oxygens (including phenoxy) is 1. The van der Waals surface area contributed by atoms with Gasteiger partial charge in [0.25, 0.3) is 0 Å². The summed E-state index contributed by atoms with van der Waals surface area (Å²) >= 11 is 1.58. The van der Waals surface area contributed by atoms with E-state index in [1.165, 1.54) is 0 Å². The highest BCUT2D eigenvalue weighted by molar-refractivity contribution is 7.13. The minimum absolute atomic E-state index is 0.268. The first-order valence-electron chi connectivity index (χ1n) is 9.35. The zero-order chi connectivity index (χ0) is 20.8. The Balaban J connectivity index is 1.25. The molecule has 2 N–H and O–H groups in total. The molecule has 0 fully saturated rings. The first-order chi connectivity index (χ1) is 14.7. The van der Waals surface area contributed by atoms with Gasteiger partial charge in [0.1, 0.15) is 17.0 Å². The summed E-state index contributed by atoms with van der Waals surface area (Å²) in [7, 11) is 1.62. The number of nitrogens with zero attached hydrogens (tertiary/aromatic N) is 2. The minimum Gasteiger partial charge on any atom is -0.497 e. The number of aromatic nitrogens is 2. The van der Waals surface area contributed by atoms with E-state index >= 15 is 0 Å². The molecular formula is C22H20N4O3S. The van der Waals surface area contributed by atoms with Crippen LogP contribution in [-0.2, 0) is 6.42 Å². The highest BCUT2D eigenvalue weighted by atomic mass is 32.1. The summed E-state index contributed by atoms with van der Waals surface area (Å²) in [6.45, 7) is 0.442. The number of carbonyl (C=O) groups excluding carboxylic acids is 1. The number of rotatable bonds is 7. The SMILES string of the molecule is COc1ccc(-c2nc(CCNC(=O)Nc3ccc(-c4nccs4)cc3)co2)cc1. The van der Waals surface area contributed by atoms with Crippen LogP contribution in [-0.4, -0.2) is 29.7 Å². The summed E-state index contributed by atoms with van der Waals surface area (Å²) in [4.78, 5) is 20.9. The maximum Gasteiger partial charge on any atom is 0.319 e. The first kappa shape index (κ1) is 19.7. The Bertz CT molecular complexity index is 1090. The average molecular weight is 420 g/mol. The Hall–Kier alpha value is -3.65. The smallest absolute Gasteiger partial charge is 0.319 e. The third-order valence-corrected chi connectivity index (χ3v) is 5.20. The van der Waals surface area contributed by atoms with E-state index in [2.05, 4.69) is 20.6 Å². The van der Waals surface area contributed by atoms with Crippen LogP contribution in [0.2, 0.25) is 0 Å². The lowest BCUT2D eigenvalue weighted by Crippen LogP contribution is -2.30. The van der Waals surface area contributed by atoms with Crippen LogP contribution >= 0.6 is 11.3 Å². The van der Waals surface area contributed by atoms with Gasteiger partial charge in [0.15, 0.2) is 0 Å². The van der Waals surface area contributed by atoms with E-state index in [0.717, 1.165) is 33.3 Å². The lowest BCUT2D eigenvalue weighted by Gasteiger charge is -2.07. The minimum atomic E-state index is -0.268. The van der Waals surface area contributed by atoms with Crippen molar-refractivity contribution in [1.82, 2.24) is 15.3 Å². The number of oxazole rings is 1. The number of anilines is 1. The normalized spacial score (nSPS) is 10.6. The van der Waals surface area contributed by atoms with Crippen molar-refractivity contribution in [1.29, 1.82) is 0 Å². The molecule has 0 saturated heterocycles. The largest absolute Gasteiger partial charge is 0.497 e. The van der Waals surface area contributed by atoms with Crippen LogP contribution in [0.25, 0.3) is 22.0 Å². The lowest BCUT2D eigenvalue weighted by atomic mass is 10.2. The Morgan fingerprint density at radius 3 is 2.57 bits per heavy atom. The first-order valence-corrected chi connectivity index (χ1v) is 10.2. The number of methoxy groups -OCH3 is 1. The summed E-state index contributed by atoms with van der Waals surface area (Å²) in [5.74, 6) is 1.32. The van der Waals surface area contributed by atoms with E-state index in [4.69, 9.17) is 9.15 Å². The number of carbonyl (C=O) groups is 1. The van der Waals surface area contributed by atoms with Gasteiger partial charge in [-0.3, -0.25) is 0 Å². The Morgan fingerprint density at radius 2 is 1.87 bits per heavy atom. The monoisotopic (exact) mass is 420 g/mol. The molecule has 0 aliphatic heterocycles. The molecule has 2 aromatic carbocycles. The molecule has 0 spiro atoms. The topological polar surface area (TPSA) is 89.3 Å². The van der Waals surface area contributed by atoms with Crippen molar-refractivity contribution < 1.29 is 13.9 Å². The van der Waals surface area contributed by atoms with Crippen LogP contribution in [0.1, 0.15) is 5.69 Å². The number of thiazole rings is 1. The molecule has 0 radical (unpaired) electrons. The van der Waals surface area contributed by atoms with Crippen molar-refractivity contribution >= 4 is 23.1 Å². The highest BCUT2D eigenvalue weighted by Gasteiger charge is 2.08. The molecule has 2 heterocycles. The molecule has 8 heteroatoms. The van der Waals surface area contributed by atoms with Crippen LogP contribution in [0.3, 0.4) is 0 Å². The standard InChI is InChI=1S/C22H20N4O3S/c1-28-19-8-4-15(5-9-19)20-25-18(14-29-20)10-11-24-22(27)26-17-6-2-16(3-7-17)21-23-12-13-30-21/h2-9,12-14H,10-11H2,1H3,(H2,24,26,27). The van der Waals surface area contributed by atoms with Crippen LogP contribution in [0.4, 0.5) is 10.5 Å². The fourth-order valence-corrected chi connectivity index (χ4v) is 3.47. The number of nitrogens with one attached hydrogen (secondary N) is 2. The van der Waals surface area contributed by atoms with E-state index in [-0.39, 0.29) is 6.03 Å². The summed E-state index contributed by atoms with van der Waals surface area (Å²) in [6.07, 6.45) is 3.95. The quantitative estimate of drug-likeness (QED) is 0.447. The number of hydrogen-bond acceptors (Lipinski definition) is 6. The second-order valence-corrected chi connectivity index (χ2v) is 7.31. The van der Waals surface area contributed by atoms with E-state index in [1.54, 1.807) is 30.9 Å². The molecule has 0 unspecified atom stereocenters. The van der Waals surface area contributed by atoms with Crippen LogP contribution < -0.4 is 15.4 Å². The van der Waals surface area contributed by atoms with Gasteiger partial charge in [0.05, 0.1) is 12.8 Å². The fraction of sp³-hybridized carbons (Fsp3) is 0.136. The van der Waals surface area contributed by atoms with Gasteiger partial charge in [-0.05, 0) is 48.5 Å². The maximum absolute atomic E-state index is 12.1. The molecular weight excluding hydrogens is 400 g/mol. The van der Waals surface area contributed by atoms with Crippen molar-refractivity contribution in [2.45, 2.75) is 6.42 Å². The Morgan fingerprint density at radius 1 is 1.10 bits per heavy atom. The second kappa shape index (κ2) is 9.23. The van der Waals surface area contributed by atoms with Gasteiger partial charge in [-0.15, -0.1) is 11.3 Å². The van der Waals surface area contributed by atoms with Crippen molar-refractivity contribution in [2.24, 2.45) is 0 Å². The average Bonchev–Trinajstić information content (AvgIpc) is 3.47. The van der Waals surface area contributed by atoms with Crippen LogP contribution in [0.5, 0.6) is 5.75 Å². The molecule has 0 aliphatic carbocycles. The zero-order valence-corrected chi connectivity index (χ0v) is 17.1. The van der Waals surface area contributed by atoms with Gasteiger partial charge in [-0.2, -0.15) is 0 Å². The molecule has 2 aromatic heterocycles. The second-order valence-electron chi connectivity index (χ2n) is 6.42. The molecule has 4 rings (SSSR count). The fourth-order valence-electron chi connectivity index (χ4n) is 2.83. The van der Waals surface area contributed by atoms with Gasteiger partial charge in [-0.1, -0.05) is 0 Å². The molecule has 0 aliphatic rings. The molecule has 0 bridgehead atoms. The van der Waals surface area contributed by atoms with E-state index in [9.17, 15) is 4.79 Å². The molecule has 2 amide bonds. The molecule has 4 aromatic rings. The molecule has 152 valence electrons. The van der Waals surface area contributed by atoms with E-state index in [0.29, 0.717) is 18.9 Å². The molecule has 30 heavy (non-hydrogen) atoms. The summed E-state index contributed by atoms with van der Waals surface area (Å²) in [5, 5.41) is 8.53. The van der Waals surface area contributed by atoms with Gasteiger partial charge in [-0.25, -0.2) is 14.8 Å². The van der Waals surface area contributed by atoms with Gasteiger partial charge in [0, 0.05) is 41.4 Å². The number of benzene rings is 2. The van der Waals surface area contributed by atoms with Crippen molar-refractivity contribution in [3.63, 3.8) is 0 Å². The number of amides is 2. The molecule has 0 saturated carbocycles. The Labute approximate surface area is 177 Å². The number of hydrogen-bond donors (Lipinski definition) is 2.